The first kappa shape index (κ1) is 31.0. The lowest BCUT2D eigenvalue weighted by atomic mass is 10.0. The predicted octanol–water partition coefficient (Wildman–Crippen LogP) is -0.614. The molecular weight excluding hydrogens is 592 g/mol. The molecule has 0 radical (unpaired) electrons. The Balaban J connectivity index is 1.30. The summed E-state index contributed by atoms with van der Waals surface area (Å²) in [5, 5.41) is 26.8. The monoisotopic (exact) mass is 627 g/mol. The Kier molecular flexibility index (Phi) is 8.82. The lowest BCUT2D eigenvalue weighted by molar-refractivity contribution is -0.141. The van der Waals surface area contributed by atoms with E-state index in [4.69, 9.17) is 4.74 Å². The van der Waals surface area contributed by atoms with Crippen molar-refractivity contribution in [2.24, 2.45) is 0 Å². The molecule has 7 atom stereocenters. The van der Waals surface area contributed by atoms with Gasteiger partial charge >= 0.3 is 0 Å². The molecule has 4 amide bonds. The third-order valence-electron chi connectivity index (χ3n) is 9.02. The summed E-state index contributed by atoms with van der Waals surface area (Å²) >= 11 is 0. The Morgan fingerprint density at radius 1 is 0.889 bits per heavy atom. The van der Waals surface area contributed by atoms with Crippen LogP contribution in [0.5, 0.6) is 0 Å². The first-order chi connectivity index (χ1) is 21.6. The van der Waals surface area contributed by atoms with Crippen molar-refractivity contribution in [3.05, 3.63) is 71.3 Å². The molecule has 6 rings (SSSR count). The number of likely N-dealkylation sites (tertiary alicyclic amines) is 1. The molecule has 0 saturated carbocycles. The SMILES string of the molecule is O=C1C[C@@H]2O[C@H](CNC(=O)[C@@H]3CN(CCN3C(=O)c3ccc(F)cc3)C(=O)[C@@H]3C[C@@H](CN3Cc3ccc(F)cc3)N1)[C@@H](O)[C@H]2O. The molecule has 4 aliphatic rings. The van der Waals surface area contributed by atoms with Crippen LogP contribution in [0.25, 0.3) is 0 Å². The van der Waals surface area contributed by atoms with Crippen molar-refractivity contribution >= 4 is 23.6 Å². The van der Waals surface area contributed by atoms with E-state index < -0.39 is 71.9 Å². The minimum atomic E-state index is -1.37. The first-order valence-electron chi connectivity index (χ1n) is 15.0. The fraction of sp³-hybridized carbons (Fsp3) is 0.484. The smallest absolute Gasteiger partial charge is 0.254 e. The zero-order valence-corrected chi connectivity index (χ0v) is 24.4. The number of fused-ring (bicyclic) bond motifs is 6. The van der Waals surface area contributed by atoms with E-state index in [0.717, 1.165) is 17.7 Å². The van der Waals surface area contributed by atoms with Gasteiger partial charge in [-0.1, -0.05) is 12.1 Å². The normalized spacial score (nSPS) is 31.1. The Morgan fingerprint density at radius 2 is 1.56 bits per heavy atom. The summed E-state index contributed by atoms with van der Waals surface area (Å²) in [4.78, 5) is 58.9. The van der Waals surface area contributed by atoms with Crippen LogP contribution in [0.4, 0.5) is 8.78 Å². The molecule has 4 heterocycles. The van der Waals surface area contributed by atoms with E-state index in [2.05, 4.69) is 10.6 Å². The lowest BCUT2D eigenvalue weighted by Gasteiger charge is -2.42. The summed E-state index contributed by atoms with van der Waals surface area (Å²) in [6.45, 7) is 0.420. The number of hydrogen-bond donors (Lipinski definition) is 4. The number of nitrogens with one attached hydrogen (secondary N) is 2. The molecule has 4 N–H and O–H groups in total. The second-order valence-corrected chi connectivity index (χ2v) is 12.0. The molecule has 4 saturated heterocycles. The second kappa shape index (κ2) is 12.8. The van der Waals surface area contributed by atoms with Crippen LogP contribution in [0.1, 0.15) is 28.8 Å². The molecular formula is C31H35F2N5O7. The largest absolute Gasteiger partial charge is 0.388 e. The van der Waals surface area contributed by atoms with Crippen molar-refractivity contribution < 1.29 is 42.9 Å². The minimum absolute atomic E-state index is 0.0220. The quantitative estimate of drug-likeness (QED) is 0.352. The van der Waals surface area contributed by atoms with Gasteiger partial charge in [0.15, 0.2) is 0 Å². The average molecular weight is 628 g/mol. The van der Waals surface area contributed by atoms with Crippen molar-refractivity contribution in [3.63, 3.8) is 0 Å². The van der Waals surface area contributed by atoms with Crippen LogP contribution >= 0.6 is 0 Å². The Morgan fingerprint density at radius 3 is 2.27 bits per heavy atom. The number of amides is 4. The van der Waals surface area contributed by atoms with Gasteiger partial charge in [0.05, 0.1) is 25.1 Å². The maximum atomic E-state index is 14.1. The highest BCUT2D eigenvalue weighted by Gasteiger charge is 2.47. The van der Waals surface area contributed by atoms with Crippen molar-refractivity contribution in [2.75, 3.05) is 32.7 Å². The maximum absolute atomic E-state index is 14.1. The van der Waals surface area contributed by atoms with E-state index in [1.165, 1.54) is 34.1 Å². The Labute approximate surface area is 257 Å². The zero-order chi connectivity index (χ0) is 31.8. The molecule has 0 spiro atoms. The number of carbonyl (C=O) groups is 4. The summed E-state index contributed by atoms with van der Waals surface area (Å²) in [5.41, 5.74) is 0.943. The highest BCUT2D eigenvalue weighted by atomic mass is 19.1. The summed E-state index contributed by atoms with van der Waals surface area (Å²) in [5.74, 6) is -2.72. The second-order valence-electron chi connectivity index (χ2n) is 12.0. The Bertz CT molecular complexity index is 1440. The lowest BCUT2D eigenvalue weighted by Crippen LogP contribution is -2.63. The van der Waals surface area contributed by atoms with Gasteiger partial charge in [0.25, 0.3) is 5.91 Å². The third kappa shape index (κ3) is 6.54. The average Bonchev–Trinajstić information content (AvgIpc) is 3.54. The molecule has 45 heavy (non-hydrogen) atoms. The van der Waals surface area contributed by atoms with E-state index in [9.17, 15) is 38.2 Å². The molecule has 4 aliphatic heterocycles. The summed E-state index contributed by atoms with van der Waals surface area (Å²) in [6.07, 6.45) is -4.77. The fourth-order valence-corrected chi connectivity index (χ4v) is 6.64. The number of rotatable bonds is 3. The molecule has 4 fully saturated rings. The summed E-state index contributed by atoms with van der Waals surface area (Å²) < 4.78 is 32.9. The zero-order valence-electron chi connectivity index (χ0n) is 24.4. The summed E-state index contributed by atoms with van der Waals surface area (Å²) in [7, 11) is 0. The third-order valence-corrected chi connectivity index (χ3v) is 9.02. The van der Waals surface area contributed by atoms with Crippen LogP contribution in [-0.4, -0.2) is 124 Å². The molecule has 2 aromatic rings. The predicted molar refractivity (Wildman–Crippen MR) is 153 cm³/mol. The van der Waals surface area contributed by atoms with E-state index in [0.29, 0.717) is 13.1 Å². The molecule has 240 valence electrons. The van der Waals surface area contributed by atoms with Crippen molar-refractivity contribution in [3.8, 4) is 0 Å². The van der Waals surface area contributed by atoms with E-state index >= 15 is 0 Å². The van der Waals surface area contributed by atoms with Crippen LogP contribution in [-0.2, 0) is 25.7 Å². The number of piperazine rings is 1. The number of aliphatic hydroxyl groups is 2. The molecule has 6 bridgehead atoms. The van der Waals surface area contributed by atoms with Crippen molar-refractivity contribution in [1.29, 1.82) is 0 Å². The fourth-order valence-electron chi connectivity index (χ4n) is 6.64. The molecule has 2 aromatic carbocycles. The molecule has 12 nitrogen and oxygen atoms in total. The number of aliphatic hydroxyl groups excluding tert-OH is 2. The van der Waals surface area contributed by atoms with Crippen LogP contribution in [0, 0.1) is 11.6 Å². The Hall–Kier alpha value is -3.98. The van der Waals surface area contributed by atoms with Crippen molar-refractivity contribution in [2.45, 2.75) is 61.9 Å². The van der Waals surface area contributed by atoms with Crippen LogP contribution in [0.2, 0.25) is 0 Å². The summed E-state index contributed by atoms with van der Waals surface area (Å²) in [6, 6.07) is 8.63. The van der Waals surface area contributed by atoms with Crippen LogP contribution in [0.3, 0.4) is 0 Å². The van der Waals surface area contributed by atoms with Gasteiger partial charge in [-0.25, -0.2) is 8.78 Å². The van der Waals surface area contributed by atoms with Gasteiger partial charge in [-0.05, 0) is 48.4 Å². The maximum Gasteiger partial charge on any atom is 0.254 e. The number of hydrogen-bond acceptors (Lipinski definition) is 8. The number of nitrogens with zero attached hydrogens (tertiary/aromatic N) is 3. The molecule has 14 heteroatoms. The highest BCUT2D eigenvalue weighted by molar-refractivity contribution is 5.98. The van der Waals surface area contributed by atoms with Gasteiger partial charge in [-0.3, -0.25) is 24.1 Å². The van der Waals surface area contributed by atoms with Crippen LogP contribution in [0.15, 0.2) is 48.5 Å². The number of halogens is 2. The van der Waals surface area contributed by atoms with E-state index in [1.54, 1.807) is 12.1 Å². The molecule has 0 aliphatic carbocycles. The number of carbonyl (C=O) groups excluding carboxylic acids is 4. The van der Waals surface area contributed by atoms with Crippen molar-refractivity contribution in [1.82, 2.24) is 25.3 Å². The van der Waals surface area contributed by atoms with Gasteiger partial charge in [0.2, 0.25) is 17.7 Å². The van der Waals surface area contributed by atoms with E-state index in [1.807, 2.05) is 4.90 Å². The van der Waals surface area contributed by atoms with E-state index in [-0.39, 0.29) is 50.5 Å². The first-order valence-corrected chi connectivity index (χ1v) is 15.0. The molecule has 0 unspecified atom stereocenters. The van der Waals surface area contributed by atoms with Gasteiger partial charge in [0.1, 0.15) is 36.0 Å². The van der Waals surface area contributed by atoms with Gasteiger partial charge in [-0.15, -0.1) is 0 Å². The molecule has 0 aromatic heterocycles. The van der Waals surface area contributed by atoms with Gasteiger partial charge in [0, 0.05) is 44.3 Å². The standard InChI is InChI=1S/C31H35F2N5O7/c32-19-5-1-17(2-6-19)14-37-15-21-11-22(37)31(44)36-9-10-38(30(43)18-3-7-20(33)8-4-18)23(16-36)29(42)34-13-25-28(41)27(40)24(45-25)12-26(39)35-21/h1-8,21-25,27-28,40-41H,9-16H2,(H,34,42)(H,35,39)/t21-,22-,23-,24-,25+,27-,28+/m0/s1. The van der Waals surface area contributed by atoms with Crippen LogP contribution < -0.4 is 10.6 Å². The van der Waals surface area contributed by atoms with Gasteiger partial charge < -0.3 is 35.4 Å². The highest BCUT2D eigenvalue weighted by Crippen LogP contribution is 2.27. The topological polar surface area (TPSA) is 152 Å². The number of benzene rings is 2. The number of ether oxygens (including phenoxy) is 1. The minimum Gasteiger partial charge on any atom is -0.388 e. The van der Waals surface area contributed by atoms with Gasteiger partial charge in [-0.2, -0.15) is 0 Å².